The van der Waals surface area contributed by atoms with Gasteiger partial charge in [-0.3, -0.25) is 14.5 Å². The van der Waals surface area contributed by atoms with Gasteiger partial charge in [-0.05, 0) is 71.1 Å². The molecule has 0 radical (unpaired) electrons. The Bertz CT molecular complexity index is 2330. The van der Waals surface area contributed by atoms with E-state index in [1.54, 1.807) is 48.8 Å². The van der Waals surface area contributed by atoms with Gasteiger partial charge in [0.2, 0.25) is 0 Å². The van der Waals surface area contributed by atoms with E-state index in [4.69, 9.17) is 9.47 Å². The molecule has 6 aromatic rings. The zero-order valence-corrected chi connectivity index (χ0v) is 27.7. The number of hydrogen-bond acceptors (Lipinski definition) is 9. The molecule has 1 unspecified atom stereocenters. The van der Waals surface area contributed by atoms with Crippen molar-refractivity contribution >= 4 is 38.4 Å². The number of hydrogen-bond donors (Lipinski definition) is 3. The number of halogens is 2. The highest BCUT2D eigenvalue weighted by atomic mass is 32.2. The highest BCUT2D eigenvalue weighted by molar-refractivity contribution is 7.92. The molecular weight excluding hydrogens is 686 g/mol. The van der Waals surface area contributed by atoms with Crippen molar-refractivity contribution in [1.29, 1.82) is 0 Å². The molecule has 2 aromatic heterocycles. The first kappa shape index (κ1) is 34.4. The molecule has 3 N–H and O–H groups in total. The van der Waals surface area contributed by atoms with E-state index < -0.39 is 50.8 Å². The summed E-state index contributed by atoms with van der Waals surface area (Å²) in [5, 5.41) is 17.4. The van der Waals surface area contributed by atoms with Crippen molar-refractivity contribution < 1.29 is 41.4 Å². The number of benzene rings is 4. The van der Waals surface area contributed by atoms with Crippen LogP contribution in [0.1, 0.15) is 15.9 Å². The quantitative estimate of drug-likeness (QED) is 0.156. The maximum Gasteiger partial charge on any atom is 0.326 e. The third-order valence-electron chi connectivity index (χ3n) is 7.98. The van der Waals surface area contributed by atoms with Crippen LogP contribution in [0.25, 0.3) is 27.6 Å². The molecule has 4 aromatic carbocycles. The molecule has 260 valence electrons. The van der Waals surface area contributed by atoms with Crippen LogP contribution in [0.4, 0.5) is 14.5 Å². The van der Waals surface area contributed by atoms with E-state index >= 15 is 8.78 Å². The van der Waals surface area contributed by atoms with E-state index in [2.05, 4.69) is 25.1 Å². The number of nitrogens with zero attached hydrogens (tertiary/aromatic N) is 4. The Hall–Kier alpha value is -6.42. The highest BCUT2D eigenvalue weighted by Gasteiger charge is 2.27. The van der Waals surface area contributed by atoms with Crippen LogP contribution in [0, 0.1) is 11.6 Å². The molecule has 0 aliphatic rings. The molecule has 0 saturated carbocycles. The largest absolute Gasteiger partial charge is 0.496 e. The summed E-state index contributed by atoms with van der Waals surface area (Å²) in [6, 6.07) is 15.6. The van der Waals surface area contributed by atoms with Crippen molar-refractivity contribution in [1.82, 2.24) is 25.1 Å². The fourth-order valence-corrected chi connectivity index (χ4v) is 6.63. The molecule has 0 aliphatic carbocycles. The fourth-order valence-electron chi connectivity index (χ4n) is 5.59. The van der Waals surface area contributed by atoms with E-state index in [1.807, 2.05) is 0 Å². The smallest absolute Gasteiger partial charge is 0.326 e. The van der Waals surface area contributed by atoms with Crippen molar-refractivity contribution in [2.75, 3.05) is 18.9 Å². The number of carbonyl (C=O) groups excluding carboxylic acids is 1. The number of carboxylic acid groups (broad SMARTS) is 1. The van der Waals surface area contributed by atoms with Crippen LogP contribution in [-0.2, 0) is 21.2 Å². The van der Waals surface area contributed by atoms with Gasteiger partial charge in [-0.25, -0.2) is 31.7 Å². The molecule has 1 amide bonds. The van der Waals surface area contributed by atoms with Gasteiger partial charge in [0.25, 0.3) is 15.9 Å². The summed E-state index contributed by atoms with van der Waals surface area (Å²) in [5.74, 6) is -4.57. The standard InChI is InChI=1S/C35H28F2N6O7S/c1-49-30-4-3-5-31(50-2)32(30)25-11-6-20(26-17-38-13-12-24(25)26)14-29(35(45)46)41-34(44)33-27(36)15-21(16-28(33)37)42-51(47,48)23-9-7-22(8-10-23)43-19-39-18-40-43/h3-13,15-19,29,42H,14H2,1-2H3,(H,41,44)(H,45,46). The van der Waals surface area contributed by atoms with E-state index in [-0.39, 0.29) is 11.3 Å². The minimum atomic E-state index is -4.30. The average Bonchev–Trinajstić information content (AvgIpc) is 3.66. The lowest BCUT2D eigenvalue weighted by atomic mass is 9.92. The number of aromatic nitrogens is 4. The Labute approximate surface area is 289 Å². The number of carboxylic acids is 1. The molecule has 1 atom stereocenters. The maximum absolute atomic E-state index is 15.2. The van der Waals surface area contributed by atoms with Crippen molar-refractivity contribution in [3.63, 3.8) is 0 Å². The normalized spacial score (nSPS) is 11.9. The molecular formula is C35H28F2N6O7S. The second kappa shape index (κ2) is 14.2. The fraction of sp³-hybridized carbons (Fsp3) is 0.114. The van der Waals surface area contributed by atoms with Crippen LogP contribution in [-0.4, -0.2) is 65.4 Å². The number of sulfonamides is 1. The van der Waals surface area contributed by atoms with Gasteiger partial charge in [-0.15, -0.1) is 0 Å². The third-order valence-corrected chi connectivity index (χ3v) is 9.38. The molecule has 0 fully saturated rings. The lowest BCUT2D eigenvalue weighted by Crippen LogP contribution is -2.43. The lowest BCUT2D eigenvalue weighted by Gasteiger charge is -2.19. The van der Waals surface area contributed by atoms with Gasteiger partial charge >= 0.3 is 5.97 Å². The second-order valence-corrected chi connectivity index (χ2v) is 12.7. The second-order valence-electron chi connectivity index (χ2n) is 11.1. The number of nitrogens with one attached hydrogen (secondary N) is 2. The number of aliphatic carboxylic acids is 1. The summed E-state index contributed by atoms with van der Waals surface area (Å²) >= 11 is 0. The SMILES string of the molecule is COc1cccc(OC)c1-c1ccc(CC(NC(=O)c2c(F)cc(NS(=O)(=O)c3ccc(-n4cncn4)cc3)cc2F)C(=O)O)c2cnccc12. The maximum atomic E-state index is 15.2. The number of anilines is 1. The van der Waals surface area contributed by atoms with Crippen molar-refractivity contribution in [3.05, 3.63) is 121 Å². The minimum Gasteiger partial charge on any atom is -0.496 e. The Balaban J connectivity index is 1.23. The van der Waals surface area contributed by atoms with Gasteiger partial charge in [0.15, 0.2) is 0 Å². The van der Waals surface area contributed by atoms with Crippen LogP contribution in [0.15, 0.2) is 103 Å². The number of pyridine rings is 1. The van der Waals surface area contributed by atoms with Crippen molar-refractivity contribution in [2.45, 2.75) is 17.4 Å². The van der Waals surface area contributed by atoms with E-state index in [1.165, 1.54) is 55.8 Å². The lowest BCUT2D eigenvalue weighted by molar-refractivity contribution is -0.139. The molecule has 6 rings (SSSR count). The Morgan fingerprint density at radius 3 is 2.22 bits per heavy atom. The molecule has 16 heteroatoms. The first-order valence-electron chi connectivity index (χ1n) is 15.1. The summed E-state index contributed by atoms with van der Waals surface area (Å²) in [6.07, 6.45) is 5.56. The van der Waals surface area contributed by atoms with Gasteiger partial charge in [0, 0.05) is 24.2 Å². The molecule has 0 saturated heterocycles. The first-order chi connectivity index (χ1) is 24.5. The van der Waals surface area contributed by atoms with Gasteiger partial charge in [-0.2, -0.15) is 5.10 Å². The molecule has 51 heavy (non-hydrogen) atoms. The predicted octanol–water partition coefficient (Wildman–Crippen LogP) is 5.00. The average molecular weight is 715 g/mol. The number of ether oxygens (including phenoxy) is 2. The van der Waals surface area contributed by atoms with E-state index in [9.17, 15) is 23.1 Å². The van der Waals surface area contributed by atoms with Crippen LogP contribution in [0.3, 0.4) is 0 Å². The zero-order chi connectivity index (χ0) is 36.3. The first-order valence-corrected chi connectivity index (χ1v) is 16.6. The van der Waals surface area contributed by atoms with Crippen LogP contribution >= 0.6 is 0 Å². The Morgan fingerprint density at radius 2 is 1.61 bits per heavy atom. The molecule has 0 bridgehead atoms. The summed E-state index contributed by atoms with van der Waals surface area (Å²) in [4.78, 5) is 33.3. The topological polar surface area (TPSA) is 175 Å². The van der Waals surface area contributed by atoms with Gasteiger partial charge in [0.05, 0.1) is 36.1 Å². The van der Waals surface area contributed by atoms with Crippen molar-refractivity contribution in [3.8, 4) is 28.3 Å². The molecule has 2 heterocycles. The highest BCUT2D eigenvalue weighted by Crippen LogP contribution is 2.42. The number of methoxy groups -OCH3 is 2. The molecule has 13 nitrogen and oxygen atoms in total. The number of fused-ring (bicyclic) bond motifs is 1. The number of carbonyl (C=O) groups is 2. The van der Waals surface area contributed by atoms with Gasteiger partial charge < -0.3 is 19.9 Å². The minimum absolute atomic E-state index is 0.212. The van der Waals surface area contributed by atoms with Crippen LogP contribution < -0.4 is 19.5 Å². The summed E-state index contributed by atoms with van der Waals surface area (Å²) in [6.45, 7) is 0. The summed E-state index contributed by atoms with van der Waals surface area (Å²) < 4.78 is 71.0. The van der Waals surface area contributed by atoms with Gasteiger partial charge in [-0.1, -0.05) is 18.2 Å². The van der Waals surface area contributed by atoms with Crippen LogP contribution in [0.2, 0.25) is 0 Å². The van der Waals surface area contributed by atoms with E-state index in [0.717, 1.165) is 0 Å². The Morgan fingerprint density at radius 1 is 0.922 bits per heavy atom. The zero-order valence-electron chi connectivity index (χ0n) is 26.9. The van der Waals surface area contributed by atoms with Gasteiger partial charge in [0.1, 0.15) is 47.4 Å². The third kappa shape index (κ3) is 7.02. The molecule has 0 spiro atoms. The summed E-state index contributed by atoms with van der Waals surface area (Å²) in [5.41, 5.74) is 0.780. The Kier molecular flexibility index (Phi) is 9.59. The number of amides is 1. The molecule has 0 aliphatic heterocycles. The number of rotatable bonds is 12. The van der Waals surface area contributed by atoms with Crippen molar-refractivity contribution in [2.24, 2.45) is 0 Å². The van der Waals surface area contributed by atoms with Crippen LogP contribution in [0.5, 0.6) is 11.5 Å². The summed E-state index contributed by atoms with van der Waals surface area (Å²) in [7, 11) is -1.26. The predicted molar refractivity (Wildman–Crippen MR) is 181 cm³/mol. The van der Waals surface area contributed by atoms with E-state index in [0.29, 0.717) is 56.8 Å². The monoisotopic (exact) mass is 714 g/mol.